The zero-order valence-electron chi connectivity index (χ0n) is 23.7. The van der Waals surface area contributed by atoms with Crippen molar-refractivity contribution in [3.05, 3.63) is 101 Å². The topological polar surface area (TPSA) is 87.2 Å². The van der Waals surface area contributed by atoms with Crippen LogP contribution in [-0.2, 0) is 5.41 Å². The molecule has 7 nitrogen and oxygen atoms in total. The minimum Gasteiger partial charge on any atom is -0.339 e. The summed E-state index contributed by atoms with van der Waals surface area (Å²) in [6, 6.07) is 23.1. The Morgan fingerprint density at radius 1 is 0.925 bits per heavy atom. The van der Waals surface area contributed by atoms with Gasteiger partial charge < -0.3 is 15.5 Å². The Bertz CT molecular complexity index is 1550. The van der Waals surface area contributed by atoms with Crippen molar-refractivity contribution >= 4 is 29.1 Å². The van der Waals surface area contributed by atoms with E-state index >= 15 is 0 Å². The molecule has 0 radical (unpaired) electrons. The molecule has 1 aromatic heterocycles. The summed E-state index contributed by atoms with van der Waals surface area (Å²) < 4.78 is 0. The van der Waals surface area contributed by atoms with E-state index < -0.39 is 0 Å². The number of carbonyl (C=O) groups excluding carboxylic acids is 2. The van der Waals surface area contributed by atoms with Gasteiger partial charge in [0.2, 0.25) is 5.95 Å². The van der Waals surface area contributed by atoms with Crippen molar-refractivity contribution in [2.24, 2.45) is 0 Å². The molecule has 40 heavy (non-hydrogen) atoms. The maximum atomic E-state index is 13.3. The standard InChI is InChI=1S/C33H35N5O2/c1-21-25(10-8-12-28(21)36-30(39)26-9-6-7-11-27(26)33(2,3)4)29-19-20-34-32(37-29)35-23-15-13-22(14-16-23)31(40)38(5)24-17-18-24/h6-16,19-20,24H,17-18H2,1-5H3,(H,36,39)(H,34,35,37). The highest BCUT2D eigenvalue weighted by Gasteiger charge is 2.30. The fourth-order valence-corrected chi connectivity index (χ4v) is 4.80. The first-order chi connectivity index (χ1) is 19.1. The Labute approximate surface area is 235 Å². The van der Waals surface area contributed by atoms with Crippen molar-refractivity contribution in [3.8, 4) is 11.3 Å². The zero-order valence-corrected chi connectivity index (χ0v) is 23.7. The van der Waals surface area contributed by atoms with Crippen LogP contribution >= 0.6 is 0 Å². The number of nitrogens with one attached hydrogen (secondary N) is 2. The Morgan fingerprint density at radius 2 is 1.65 bits per heavy atom. The summed E-state index contributed by atoms with van der Waals surface area (Å²) in [5.74, 6) is 0.345. The number of carbonyl (C=O) groups is 2. The molecule has 2 amide bonds. The Balaban J connectivity index is 1.33. The summed E-state index contributed by atoms with van der Waals surface area (Å²) in [5, 5.41) is 6.34. The third-order valence-electron chi connectivity index (χ3n) is 7.30. The van der Waals surface area contributed by atoms with Crippen LogP contribution in [0.2, 0.25) is 0 Å². The molecule has 7 heteroatoms. The van der Waals surface area contributed by atoms with Crippen molar-refractivity contribution < 1.29 is 9.59 Å². The summed E-state index contributed by atoms with van der Waals surface area (Å²) in [6.07, 6.45) is 3.86. The second-order valence-electron chi connectivity index (χ2n) is 11.3. The fraction of sp³-hybridized carbons (Fsp3) is 0.273. The Morgan fingerprint density at radius 3 is 2.35 bits per heavy atom. The predicted molar refractivity (Wildman–Crippen MR) is 160 cm³/mol. The first kappa shape index (κ1) is 27.1. The highest BCUT2D eigenvalue weighted by atomic mass is 16.2. The number of nitrogens with zero attached hydrogens (tertiary/aromatic N) is 3. The van der Waals surface area contributed by atoms with Gasteiger partial charge in [-0.3, -0.25) is 9.59 Å². The molecule has 1 aliphatic carbocycles. The minimum atomic E-state index is -0.155. The van der Waals surface area contributed by atoms with Crippen LogP contribution in [0.4, 0.5) is 17.3 Å². The Kier molecular flexibility index (Phi) is 7.39. The van der Waals surface area contributed by atoms with Crippen LogP contribution in [0.1, 0.15) is 65.5 Å². The van der Waals surface area contributed by atoms with E-state index in [1.165, 1.54) is 0 Å². The minimum absolute atomic E-state index is 0.0386. The number of amides is 2. The second kappa shape index (κ2) is 10.9. The van der Waals surface area contributed by atoms with Gasteiger partial charge in [-0.05, 0) is 78.8 Å². The number of hydrogen-bond donors (Lipinski definition) is 2. The molecule has 3 aromatic carbocycles. The molecule has 1 heterocycles. The average molecular weight is 534 g/mol. The molecule has 0 saturated heterocycles. The Hall–Kier alpha value is -4.52. The normalized spacial score (nSPS) is 13.0. The maximum absolute atomic E-state index is 13.3. The lowest BCUT2D eigenvalue weighted by Gasteiger charge is -2.22. The van der Waals surface area contributed by atoms with Gasteiger partial charge in [0.25, 0.3) is 11.8 Å². The largest absolute Gasteiger partial charge is 0.339 e. The van der Waals surface area contributed by atoms with Crippen LogP contribution in [-0.4, -0.2) is 39.8 Å². The van der Waals surface area contributed by atoms with Crippen LogP contribution in [0.15, 0.2) is 79.0 Å². The molecule has 0 aliphatic heterocycles. The molecular formula is C33H35N5O2. The van der Waals surface area contributed by atoms with Gasteiger partial charge in [-0.2, -0.15) is 0 Å². The predicted octanol–water partition coefficient (Wildman–Crippen LogP) is 6.98. The second-order valence-corrected chi connectivity index (χ2v) is 11.3. The molecule has 1 fully saturated rings. The number of benzene rings is 3. The summed E-state index contributed by atoms with van der Waals surface area (Å²) in [4.78, 5) is 36.9. The first-order valence-electron chi connectivity index (χ1n) is 13.6. The van der Waals surface area contributed by atoms with Crippen LogP contribution in [0, 0.1) is 6.92 Å². The van der Waals surface area contributed by atoms with Gasteiger partial charge >= 0.3 is 0 Å². The SMILES string of the molecule is Cc1c(NC(=O)c2ccccc2C(C)(C)C)cccc1-c1ccnc(Nc2ccc(C(=O)N(C)C3CC3)cc2)n1. The van der Waals surface area contributed by atoms with Crippen molar-refractivity contribution in [2.75, 3.05) is 17.7 Å². The van der Waals surface area contributed by atoms with Gasteiger partial charge in [0.05, 0.1) is 5.69 Å². The van der Waals surface area contributed by atoms with Crippen LogP contribution < -0.4 is 10.6 Å². The summed E-state index contributed by atoms with van der Waals surface area (Å²) in [6.45, 7) is 8.29. The molecule has 2 N–H and O–H groups in total. The number of rotatable bonds is 7. The molecule has 1 aliphatic rings. The number of aromatic nitrogens is 2. The van der Waals surface area contributed by atoms with Gasteiger partial charge in [0, 0.05) is 47.4 Å². The summed E-state index contributed by atoms with van der Waals surface area (Å²) in [7, 11) is 1.86. The lowest BCUT2D eigenvalue weighted by Crippen LogP contribution is -2.28. The van der Waals surface area contributed by atoms with E-state index in [1.54, 1.807) is 6.20 Å². The zero-order chi connectivity index (χ0) is 28.4. The number of anilines is 3. The van der Waals surface area contributed by atoms with E-state index in [1.807, 2.05) is 91.7 Å². The molecule has 5 rings (SSSR count). The van der Waals surface area contributed by atoms with Crippen molar-refractivity contribution in [1.29, 1.82) is 0 Å². The van der Waals surface area contributed by atoms with E-state index in [0.717, 1.165) is 46.6 Å². The molecule has 4 aromatic rings. The highest BCUT2D eigenvalue weighted by Crippen LogP contribution is 2.31. The monoisotopic (exact) mass is 533 g/mol. The average Bonchev–Trinajstić information content (AvgIpc) is 3.79. The van der Waals surface area contributed by atoms with E-state index in [9.17, 15) is 9.59 Å². The van der Waals surface area contributed by atoms with E-state index in [2.05, 4.69) is 36.4 Å². The van der Waals surface area contributed by atoms with E-state index in [-0.39, 0.29) is 17.2 Å². The fourth-order valence-electron chi connectivity index (χ4n) is 4.80. The van der Waals surface area contributed by atoms with Gasteiger partial charge in [-0.15, -0.1) is 0 Å². The molecule has 204 valence electrons. The van der Waals surface area contributed by atoms with Crippen molar-refractivity contribution in [3.63, 3.8) is 0 Å². The quantitative estimate of drug-likeness (QED) is 0.268. The van der Waals surface area contributed by atoms with Gasteiger partial charge in [0.15, 0.2) is 0 Å². The van der Waals surface area contributed by atoms with Gasteiger partial charge in [-0.1, -0.05) is 51.1 Å². The van der Waals surface area contributed by atoms with E-state index in [4.69, 9.17) is 4.98 Å². The third-order valence-corrected chi connectivity index (χ3v) is 7.30. The summed E-state index contributed by atoms with van der Waals surface area (Å²) >= 11 is 0. The molecule has 0 spiro atoms. The molecule has 0 bridgehead atoms. The van der Waals surface area contributed by atoms with E-state index in [0.29, 0.717) is 23.1 Å². The molecule has 0 atom stereocenters. The van der Waals surface area contributed by atoms with Crippen LogP contribution in [0.5, 0.6) is 0 Å². The van der Waals surface area contributed by atoms with Crippen LogP contribution in [0.25, 0.3) is 11.3 Å². The lowest BCUT2D eigenvalue weighted by atomic mass is 9.83. The van der Waals surface area contributed by atoms with Gasteiger partial charge in [-0.25, -0.2) is 9.97 Å². The number of hydrogen-bond acceptors (Lipinski definition) is 5. The van der Waals surface area contributed by atoms with Crippen molar-refractivity contribution in [1.82, 2.24) is 14.9 Å². The highest BCUT2D eigenvalue weighted by molar-refractivity contribution is 6.06. The summed E-state index contributed by atoms with van der Waals surface area (Å²) in [5.41, 5.74) is 6.24. The smallest absolute Gasteiger partial charge is 0.255 e. The molecular weight excluding hydrogens is 498 g/mol. The molecule has 0 unspecified atom stereocenters. The van der Waals surface area contributed by atoms with Crippen LogP contribution in [0.3, 0.4) is 0 Å². The van der Waals surface area contributed by atoms with Crippen molar-refractivity contribution in [2.45, 2.75) is 52.0 Å². The maximum Gasteiger partial charge on any atom is 0.255 e. The molecule has 1 saturated carbocycles. The third kappa shape index (κ3) is 5.88. The lowest BCUT2D eigenvalue weighted by molar-refractivity contribution is 0.0785. The first-order valence-corrected chi connectivity index (χ1v) is 13.6. The van der Waals surface area contributed by atoms with Gasteiger partial charge in [0.1, 0.15) is 0 Å².